The Bertz CT molecular complexity index is 1030. The van der Waals surface area contributed by atoms with Crippen LogP contribution in [0.3, 0.4) is 0 Å². The average Bonchev–Trinajstić information content (AvgIpc) is 3.17. The van der Waals surface area contributed by atoms with Gasteiger partial charge in [0.05, 0.1) is 24.0 Å². The minimum atomic E-state index is -0.920. The van der Waals surface area contributed by atoms with Crippen molar-refractivity contribution in [2.45, 2.75) is 26.0 Å². The molecular weight excluding hydrogens is 366 g/mol. The molecule has 0 saturated carbocycles. The Morgan fingerprint density at radius 1 is 1.22 bits per heavy atom. The number of rotatable bonds is 6. The minimum absolute atomic E-state index is 0.128. The second kappa shape index (κ2) is 8.13. The first-order chi connectivity index (χ1) is 13.0. The maximum Gasteiger partial charge on any atom is 0.312 e. The number of esters is 1. The number of benzene rings is 1. The molecule has 0 aliphatic rings. The number of nitrogens with zero attached hydrogens (tertiary/aromatic N) is 2. The normalized spacial score (nSPS) is 11.9. The number of aryl methyl sites for hydroxylation is 1. The molecule has 1 amide bonds. The fourth-order valence-corrected chi connectivity index (χ4v) is 3.31. The summed E-state index contributed by atoms with van der Waals surface area (Å²) < 4.78 is 6.43. The van der Waals surface area contributed by atoms with Crippen LogP contribution in [-0.2, 0) is 34.3 Å². The van der Waals surface area contributed by atoms with Gasteiger partial charge in [-0.25, -0.2) is 4.68 Å². The van der Waals surface area contributed by atoms with E-state index in [1.807, 2.05) is 17.5 Å². The summed E-state index contributed by atoms with van der Waals surface area (Å²) in [4.78, 5) is 37.5. The van der Waals surface area contributed by atoms with Gasteiger partial charge in [0.25, 0.3) is 11.5 Å². The van der Waals surface area contributed by atoms with Gasteiger partial charge in [-0.3, -0.25) is 14.4 Å². The topological polar surface area (TPSA) is 90.3 Å². The molecule has 1 N–H and O–H groups in total. The van der Waals surface area contributed by atoms with Gasteiger partial charge in [0.15, 0.2) is 6.10 Å². The van der Waals surface area contributed by atoms with Crippen molar-refractivity contribution in [3.8, 4) is 0 Å². The van der Waals surface area contributed by atoms with E-state index in [1.54, 1.807) is 24.3 Å². The molecule has 0 radical (unpaired) electrons. The summed E-state index contributed by atoms with van der Waals surface area (Å²) in [5, 5.41) is 9.92. The first-order valence-electron chi connectivity index (χ1n) is 8.40. The van der Waals surface area contributed by atoms with E-state index in [0.717, 1.165) is 4.88 Å². The number of aromatic nitrogens is 2. The molecule has 1 aromatic carbocycles. The van der Waals surface area contributed by atoms with Gasteiger partial charge in [0.1, 0.15) is 0 Å². The number of fused-ring (bicyclic) bond motifs is 1. The van der Waals surface area contributed by atoms with E-state index in [-0.39, 0.29) is 17.9 Å². The number of ether oxygens (including phenoxy) is 1. The van der Waals surface area contributed by atoms with Crippen LogP contribution in [0.2, 0.25) is 0 Å². The zero-order valence-electron chi connectivity index (χ0n) is 15.0. The molecule has 0 aliphatic heterocycles. The first kappa shape index (κ1) is 18.8. The molecule has 8 heteroatoms. The molecule has 0 fully saturated rings. The van der Waals surface area contributed by atoms with Crippen LogP contribution in [-0.4, -0.2) is 27.8 Å². The van der Waals surface area contributed by atoms with E-state index >= 15 is 0 Å². The van der Waals surface area contributed by atoms with Crippen LogP contribution < -0.4 is 10.9 Å². The standard InChI is InChI=1S/C19H19N3O4S/c1-12(18(24)20-11-13-6-5-9-27-13)26-17(23)10-16-14-7-3-4-8-15(14)19(25)22(2)21-16/h3-9,12H,10-11H2,1-2H3,(H,20,24)/t12-/m0/s1. The lowest BCUT2D eigenvalue weighted by atomic mass is 10.1. The van der Waals surface area contributed by atoms with Crippen LogP contribution in [0, 0.1) is 0 Å². The third-order valence-corrected chi connectivity index (χ3v) is 4.92. The summed E-state index contributed by atoms with van der Waals surface area (Å²) >= 11 is 1.54. The van der Waals surface area contributed by atoms with Gasteiger partial charge < -0.3 is 10.1 Å². The molecule has 0 unspecified atom stereocenters. The SMILES string of the molecule is C[C@H](OC(=O)Cc1nn(C)c(=O)c2ccccc12)C(=O)NCc1cccs1. The van der Waals surface area contributed by atoms with E-state index in [2.05, 4.69) is 10.4 Å². The predicted molar refractivity (Wildman–Crippen MR) is 102 cm³/mol. The molecule has 0 aliphatic carbocycles. The van der Waals surface area contributed by atoms with Gasteiger partial charge in [-0.05, 0) is 24.4 Å². The first-order valence-corrected chi connectivity index (χ1v) is 9.28. The molecule has 140 valence electrons. The third-order valence-electron chi connectivity index (χ3n) is 4.04. The summed E-state index contributed by atoms with van der Waals surface area (Å²) in [5.41, 5.74) is 0.202. The van der Waals surface area contributed by atoms with E-state index in [1.165, 1.54) is 30.0 Å². The quantitative estimate of drug-likeness (QED) is 0.654. The van der Waals surface area contributed by atoms with Crippen LogP contribution in [0.15, 0.2) is 46.6 Å². The van der Waals surface area contributed by atoms with Crippen LogP contribution >= 0.6 is 11.3 Å². The molecular formula is C19H19N3O4S. The van der Waals surface area contributed by atoms with Gasteiger partial charge in [-0.2, -0.15) is 5.10 Å². The summed E-state index contributed by atoms with van der Waals surface area (Å²) in [6, 6.07) is 10.8. The Kier molecular flexibility index (Phi) is 5.66. The van der Waals surface area contributed by atoms with E-state index in [0.29, 0.717) is 23.0 Å². The molecule has 0 bridgehead atoms. The lowest BCUT2D eigenvalue weighted by Crippen LogP contribution is -2.35. The number of hydrogen-bond donors (Lipinski definition) is 1. The highest BCUT2D eigenvalue weighted by atomic mass is 32.1. The molecule has 3 rings (SSSR count). The van der Waals surface area contributed by atoms with Gasteiger partial charge in [0, 0.05) is 17.3 Å². The second-order valence-electron chi connectivity index (χ2n) is 6.03. The molecule has 2 aromatic heterocycles. The number of carbonyl (C=O) groups excluding carboxylic acids is 2. The summed E-state index contributed by atoms with van der Waals surface area (Å²) in [6.45, 7) is 1.92. The van der Waals surface area contributed by atoms with E-state index < -0.39 is 12.1 Å². The number of thiophene rings is 1. The second-order valence-corrected chi connectivity index (χ2v) is 7.06. The van der Waals surface area contributed by atoms with Crippen LogP contribution in [0.25, 0.3) is 10.8 Å². The Morgan fingerprint density at radius 2 is 1.96 bits per heavy atom. The predicted octanol–water partition coefficient (Wildman–Crippen LogP) is 1.79. The maximum absolute atomic E-state index is 12.3. The van der Waals surface area contributed by atoms with Gasteiger partial charge in [-0.1, -0.05) is 24.3 Å². The Labute approximate surface area is 159 Å². The zero-order valence-corrected chi connectivity index (χ0v) is 15.8. The fourth-order valence-electron chi connectivity index (χ4n) is 2.67. The highest BCUT2D eigenvalue weighted by molar-refractivity contribution is 7.09. The van der Waals surface area contributed by atoms with Crippen molar-refractivity contribution in [1.29, 1.82) is 0 Å². The Balaban J connectivity index is 1.65. The highest BCUT2D eigenvalue weighted by Gasteiger charge is 2.19. The van der Waals surface area contributed by atoms with Crippen molar-refractivity contribution in [3.63, 3.8) is 0 Å². The van der Waals surface area contributed by atoms with Gasteiger partial charge >= 0.3 is 5.97 Å². The van der Waals surface area contributed by atoms with Crippen LogP contribution in [0.1, 0.15) is 17.5 Å². The minimum Gasteiger partial charge on any atom is -0.452 e. The molecule has 27 heavy (non-hydrogen) atoms. The van der Waals surface area contributed by atoms with Crippen LogP contribution in [0.5, 0.6) is 0 Å². The molecule has 0 saturated heterocycles. The van der Waals surface area contributed by atoms with Gasteiger partial charge in [0.2, 0.25) is 0 Å². The Hall–Kier alpha value is -3.00. The summed E-state index contributed by atoms with van der Waals surface area (Å²) in [7, 11) is 1.53. The van der Waals surface area contributed by atoms with Crippen molar-refractivity contribution in [2.75, 3.05) is 0 Å². The number of carbonyl (C=O) groups is 2. The number of amides is 1. The summed E-state index contributed by atoms with van der Waals surface area (Å²) in [5.74, 6) is -0.944. The summed E-state index contributed by atoms with van der Waals surface area (Å²) in [6.07, 6.45) is -1.05. The van der Waals surface area contributed by atoms with Crippen molar-refractivity contribution in [2.24, 2.45) is 7.05 Å². The maximum atomic E-state index is 12.3. The molecule has 1 atom stereocenters. The van der Waals surface area contributed by atoms with Crippen molar-refractivity contribution >= 4 is 34.0 Å². The van der Waals surface area contributed by atoms with Crippen molar-refractivity contribution < 1.29 is 14.3 Å². The average molecular weight is 385 g/mol. The lowest BCUT2D eigenvalue weighted by molar-refractivity contribution is -0.154. The molecule has 7 nitrogen and oxygen atoms in total. The molecule has 3 aromatic rings. The van der Waals surface area contributed by atoms with E-state index in [4.69, 9.17) is 4.74 Å². The lowest BCUT2D eigenvalue weighted by Gasteiger charge is -2.14. The Morgan fingerprint density at radius 3 is 2.67 bits per heavy atom. The highest BCUT2D eigenvalue weighted by Crippen LogP contribution is 2.14. The molecule has 2 heterocycles. The molecule has 0 spiro atoms. The van der Waals surface area contributed by atoms with Crippen molar-refractivity contribution in [3.05, 3.63) is 62.7 Å². The number of nitrogens with one attached hydrogen (secondary N) is 1. The number of hydrogen-bond acceptors (Lipinski definition) is 6. The third kappa shape index (κ3) is 4.40. The fraction of sp³-hybridized carbons (Fsp3) is 0.263. The van der Waals surface area contributed by atoms with Crippen molar-refractivity contribution in [1.82, 2.24) is 15.1 Å². The van der Waals surface area contributed by atoms with Crippen LogP contribution in [0.4, 0.5) is 0 Å². The van der Waals surface area contributed by atoms with E-state index in [9.17, 15) is 14.4 Å². The van der Waals surface area contributed by atoms with Gasteiger partial charge in [-0.15, -0.1) is 11.3 Å². The smallest absolute Gasteiger partial charge is 0.312 e. The zero-order chi connectivity index (χ0) is 19.4. The largest absolute Gasteiger partial charge is 0.452 e. The monoisotopic (exact) mass is 385 g/mol.